The highest BCUT2D eigenvalue weighted by Crippen LogP contribution is 2.07. The van der Waals surface area contributed by atoms with Gasteiger partial charge in [0.15, 0.2) is 0 Å². The van der Waals surface area contributed by atoms with Crippen molar-refractivity contribution >= 4 is 0 Å². The van der Waals surface area contributed by atoms with Crippen LogP contribution >= 0.6 is 0 Å². The van der Waals surface area contributed by atoms with Crippen molar-refractivity contribution in [1.82, 2.24) is 15.5 Å². The summed E-state index contributed by atoms with van der Waals surface area (Å²) in [6.45, 7) is 7.34. The summed E-state index contributed by atoms with van der Waals surface area (Å²) in [5, 5.41) is 7.13. The van der Waals surface area contributed by atoms with E-state index >= 15 is 0 Å². The average Bonchev–Trinajstić information content (AvgIpc) is 2.48. The molecule has 0 unspecified atom stereocenters. The van der Waals surface area contributed by atoms with Gasteiger partial charge in [0.25, 0.3) is 0 Å². The summed E-state index contributed by atoms with van der Waals surface area (Å²) in [5.41, 5.74) is 6.90. The maximum Gasteiger partial charge on any atom is 0.0320 e. The Morgan fingerprint density at radius 3 is 2.90 bits per heavy atom. The molecule has 112 valence electrons. The lowest BCUT2D eigenvalue weighted by Gasteiger charge is -2.34. The van der Waals surface area contributed by atoms with E-state index in [-0.39, 0.29) is 0 Å². The summed E-state index contributed by atoms with van der Waals surface area (Å²) in [4.78, 5) is 2.54. The molecule has 0 saturated carbocycles. The zero-order valence-electron chi connectivity index (χ0n) is 12.4. The van der Waals surface area contributed by atoms with Crippen LogP contribution in [-0.2, 0) is 6.54 Å². The average molecular weight is 276 g/mol. The molecule has 1 fully saturated rings. The van der Waals surface area contributed by atoms with Gasteiger partial charge in [0.1, 0.15) is 0 Å². The monoisotopic (exact) mass is 276 g/mol. The Labute approximate surface area is 122 Å². The van der Waals surface area contributed by atoms with Crippen LogP contribution < -0.4 is 16.4 Å². The third kappa shape index (κ3) is 5.59. The quantitative estimate of drug-likeness (QED) is 0.615. The molecule has 0 bridgehead atoms. The second-order valence-corrected chi connectivity index (χ2v) is 5.57. The van der Waals surface area contributed by atoms with Crippen LogP contribution in [0.2, 0.25) is 0 Å². The highest BCUT2D eigenvalue weighted by atomic mass is 15.2. The Hall–Kier alpha value is -0.940. The molecule has 0 aliphatic carbocycles. The lowest BCUT2D eigenvalue weighted by molar-refractivity contribution is 0.190. The van der Waals surface area contributed by atoms with E-state index in [0.29, 0.717) is 6.04 Å². The molecule has 0 radical (unpaired) electrons. The van der Waals surface area contributed by atoms with Crippen LogP contribution in [0.1, 0.15) is 18.4 Å². The minimum atomic E-state index is 0.560. The van der Waals surface area contributed by atoms with Crippen molar-refractivity contribution in [3.8, 4) is 0 Å². The summed E-state index contributed by atoms with van der Waals surface area (Å²) in [6.07, 6.45) is 2.29. The van der Waals surface area contributed by atoms with Crippen molar-refractivity contribution in [2.45, 2.75) is 25.4 Å². The van der Waals surface area contributed by atoms with Gasteiger partial charge in [-0.25, -0.2) is 0 Å². The van der Waals surface area contributed by atoms with E-state index in [1.807, 2.05) is 0 Å². The van der Waals surface area contributed by atoms with Gasteiger partial charge in [0, 0.05) is 38.8 Å². The predicted molar refractivity (Wildman–Crippen MR) is 84.7 cm³/mol. The first-order valence-electron chi connectivity index (χ1n) is 7.79. The van der Waals surface area contributed by atoms with Crippen LogP contribution in [0.15, 0.2) is 30.3 Å². The van der Waals surface area contributed by atoms with E-state index in [1.165, 1.54) is 12.0 Å². The van der Waals surface area contributed by atoms with E-state index in [1.54, 1.807) is 0 Å². The largest absolute Gasteiger partial charge is 0.330 e. The van der Waals surface area contributed by atoms with Crippen LogP contribution in [0, 0.1) is 0 Å². The molecule has 4 heteroatoms. The predicted octanol–water partition coefficient (Wildman–Crippen LogP) is 0.789. The smallest absolute Gasteiger partial charge is 0.0320 e. The number of piperazine rings is 1. The summed E-state index contributed by atoms with van der Waals surface area (Å²) < 4.78 is 0. The topological polar surface area (TPSA) is 53.3 Å². The first kappa shape index (κ1) is 15.4. The lowest BCUT2D eigenvalue weighted by Crippen LogP contribution is -2.54. The molecule has 1 aromatic carbocycles. The molecule has 4 nitrogen and oxygen atoms in total. The van der Waals surface area contributed by atoms with E-state index in [2.05, 4.69) is 45.9 Å². The summed E-state index contributed by atoms with van der Waals surface area (Å²) in [5.74, 6) is 0. The van der Waals surface area contributed by atoms with Crippen molar-refractivity contribution in [1.29, 1.82) is 0 Å². The Bertz CT molecular complexity index is 355. The van der Waals surface area contributed by atoms with E-state index < -0.39 is 0 Å². The Kier molecular flexibility index (Phi) is 7.01. The lowest BCUT2D eigenvalue weighted by atomic mass is 10.1. The fourth-order valence-electron chi connectivity index (χ4n) is 2.69. The van der Waals surface area contributed by atoms with Gasteiger partial charge in [-0.3, -0.25) is 4.90 Å². The maximum atomic E-state index is 5.50. The van der Waals surface area contributed by atoms with Gasteiger partial charge < -0.3 is 16.4 Å². The number of benzene rings is 1. The normalized spacial score (nSPS) is 20.1. The van der Waals surface area contributed by atoms with Crippen molar-refractivity contribution < 1.29 is 0 Å². The molecule has 0 aromatic heterocycles. The SMILES string of the molecule is NCCCCNC[C@@H]1CN(Cc2ccccc2)CCN1. The molecule has 1 saturated heterocycles. The Balaban J connectivity index is 1.66. The molecular weight excluding hydrogens is 248 g/mol. The van der Waals surface area contributed by atoms with E-state index in [9.17, 15) is 0 Å². The molecule has 4 N–H and O–H groups in total. The van der Waals surface area contributed by atoms with Crippen molar-refractivity contribution in [2.75, 3.05) is 39.3 Å². The van der Waals surface area contributed by atoms with Gasteiger partial charge in [0.05, 0.1) is 0 Å². The second-order valence-electron chi connectivity index (χ2n) is 5.57. The van der Waals surface area contributed by atoms with E-state index in [4.69, 9.17) is 5.73 Å². The van der Waals surface area contributed by atoms with Crippen molar-refractivity contribution in [3.05, 3.63) is 35.9 Å². The number of hydrogen-bond acceptors (Lipinski definition) is 4. The minimum absolute atomic E-state index is 0.560. The highest BCUT2D eigenvalue weighted by molar-refractivity contribution is 5.14. The zero-order valence-corrected chi connectivity index (χ0v) is 12.4. The van der Waals surface area contributed by atoms with Crippen LogP contribution in [0.4, 0.5) is 0 Å². The molecule has 2 rings (SSSR count). The molecule has 1 atom stereocenters. The Morgan fingerprint density at radius 1 is 1.25 bits per heavy atom. The maximum absolute atomic E-state index is 5.50. The van der Waals surface area contributed by atoms with Gasteiger partial charge >= 0.3 is 0 Å². The molecule has 0 spiro atoms. The van der Waals surface area contributed by atoms with Crippen LogP contribution in [0.5, 0.6) is 0 Å². The Morgan fingerprint density at radius 2 is 2.10 bits per heavy atom. The van der Waals surface area contributed by atoms with Crippen LogP contribution in [0.3, 0.4) is 0 Å². The molecule has 1 aliphatic heterocycles. The fourth-order valence-corrected chi connectivity index (χ4v) is 2.69. The molecule has 1 aromatic rings. The van der Waals surface area contributed by atoms with Crippen LogP contribution in [0.25, 0.3) is 0 Å². The molecule has 1 heterocycles. The fraction of sp³-hybridized carbons (Fsp3) is 0.625. The molecule has 20 heavy (non-hydrogen) atoms. The summed E-state index contributed by atoms with van der Waals surface area (Å²) in [7, 11) is 0. The highest BCUT2D eigenvalue weighted by Gasteiger charge is 2.18. The minimum Gasteiger partial charge on any atom is -0.330 e. The van der Waals surface area contributed by atoms with Crippen molar-refractivity contribution in [2.24, 2.45) is 5.73 Å². The van der Waals surface area contributed by atoms with Crippen LogP contribution in [-0.4, -0.2) is 50.2 Å². The number of rotatable bonds is 8. The summed E-state index contributed by atoms with van der Waals surface area (Å²) >= 11 is 0. The molecule has 0 amide bonds. The number of nitrogens with two attached hydrogens (primary N) is 1. The van der Waals surface area contributed by atoms with Gasteiger partial charge in [0.2, 0.25) is 0 Å². The zero-order chi connectivity index (χ0) is 14.0. The molecule has 1 aliphatic rings. The third-order valence-electron chi connectivity index (χ3n) is 3.79. The van der Waals surface area contributed by atoms with Gasteiger partial charge in [-0.05, 0) is 31.5 Å². The van der Waals surface area contributed by atoms with Crippen molar-refractivity contribution in [3.63, 3.8) is 0 Å². The van der Waals surface area contributed by atoms with Gasteiger partial charge in [-0.1, -0.05) is 30.3 Å². The first-order chi connectivity index (χ1) is 9.88. The number of nitrogens with one attached hydrogen (secondary N) is 2. The molecular formula is C16H28N4. The third-order valence-corrected chi connectivity index (χ3v) is 3.79. The standard InChI is InChI=1S/C16H28N4/c17-8-4-5-9-18-12-16-14-20(11-10-19-16)13-15-6-2-1-3-7-15/h1-3,6-7,16,18-19H,4-5,8-14,17H2/t16-/m1/s1. The number of hydrogen-bond donors (Lipinski definition) is 3. The van der Waals surface area contributed by atoms with Gasteiger partial charge in [-0.15, -0.1) is 0 Å². The summed E-state index contributed by atoms with van der Waals surface area (Å²) in [6, 6.07) is 11.3. The number of nitrogens with zero attached hydrogens (tertiary/aromatic N) is 1. The van der Waals surface area contributed by atoms with E-state index in [0.717, 1.165) is 52.2 Å². The number of unbranched alkanes of at least 4 members (excludes halogenated alkanes) is 1. The first-order valence-corrected chi connectivity index (χ1v) is 7.79. The van der Waals surface area contributed by atoms with Gasteiger partial charge in [-0.2, -0.15) is 0 Å². The second kappa shape index (κ2) is 9.08.